The van der Waals surface area contributed by atoms with Crippen molar-refractivity contribution in [1.82, 2.24) is 9.44 Å². The van der Waals surface area contributed by atoms with Gasteiger partial charge in [-0.05, 0) is 19.3 Å². The summed E-state index contributed by atoms with van der Waals surface area (Å²) in [5.41, 5.74) is -5.93. The van der Waals surface area contributed by atoms with Crippen molar-refractivity contribution in [2.75, 3.05) is 5.88 Å². The summed E-state index contributed by atoms with van der Waals surface area (Å²) in [7, 11) is -12.2. The Labute approximate surface area is 162 Å². The highest BCUT2D eigenvalue weighted by Gasteiger charge is 2.83. The second-order valence-corrected chi connectivity index (χ2v) is 10.3. The van der Waals surface area contributed by atoms with E-state index in [9.17, 15) is 52.0 Å². The van der Waals surface area contributed by atoms with Gasteiger partial charge in [0.25, 0.3) is 15.7 Å². The van der Waals surface area contributed by atoms with E-state index in [0.717, 1.165) is 6.42 Å². The molecule has 1 atom stereocenters. The second-order valence-electron chi connectivity index (χ2n) is 6.63. The topological polar surface area (TPSA) is 92.3 Å². The maximum Gasteiger partial charge on any atom is 0.428 e. The van der Waals surface area contributed by atoms with E-state index in [-0.39, 0.29) is 11.1 Å². The second kappa shape index (κ2) is 8.42. The molecule has 0 bridgehead atoms. The Balaban J connectivity index is 3.11. The molecular formula is C13H20F8N2O4S2. The minimum atomic E-state index is -6.98. The maximum absolute atomic E-state index is 13.9. The fraction of sp³-hybridized carbons (Fsp3) is 1.00. The van der Waals surface area contributed by atoms with E-state index in [0.29, 0.717) is 25.7 Å². The lowest BCUT2D eigenvalue weighted by molar-refractivity contribution is -0.336. The largest absolute Gasteiger partial charge is 0.428 e. The molecule has 0 aromatic heterocycles. The van der Waals surface area contributed by atoms with Crippen LogP contribution >= 0.6 is 0 Å². The molecule has 174 valence electrons. The Morgan fingerprint density at radius 3 is 1.76 bits per heavy atom. The van der Waals surface area contributed by atoms with Gasteiger partial charge in [0.15, 0.2) is 0 Å². The number of alkyl halides is 8. The Kier molecular flexibility index (Phi) is 7.63. The fourth-order valence-corrected chi connectivity index (χ4v) is 5.73. The van der Waals surface area contributed by atoms with Crippen LogP contribution in [-0.2, 0) is 20.0 Å². The molecule has 2 N–H and O–H groups in total. The lowest BCUT2D eigenvalue weighted by atomic mass is 9.94. The van der Waals surface area contributed by atoms with Crippen LogP contribution in [0, 0.1) is 0 Å². The van der Waals surface area contributed by atoms with Crippen molar-refractivity contribution in [2.24, 2.45) is 0 Å². The standard InChI is InChI=1S/C13H20F8N2O4S2/c1-2-10(14,12(17,18)19)11(15,16)13(20,21)29(26,27)23-28(24,25)8-22-9-6-4-3-5-7-9/h9,22-23H,2-8H2,1H3. The third-order valence-electron chi connectivity index (χ3n) is 4.54. The Hall–Kier alpha value is -0.740. The SMILES string of the molecule is CCC(F)(C(F)(F)F)C(F)(F)C(F)(F)S(=O)(=O)NS(=O)(=O)CNC1CCCCC1. The van der Waals surface area contributed by atoms with Crippen LogP contribution in [0.15, 0.2) is 0 Å². The van der Waals surface area contributed by atoms with Crippen LogP contribution in [-0.4, -0.2) is 51.8 Å². The first-order valence-corrected chi connectivity index (χ1v) is 11.5. The predicted molar refractivity (Wildman–Crippen MR) is 85.9 cm³/mol. The van der Waals surface area contributed by atoms with Crippen LogP contribution in [0.25, 0.3) is 0 Å². The number of sulfonamides is 2. The summed E-state index contributed by atoms with van der Waals surface area (Å²) < 4.78 is 154. The van der Waals surface area contributed by atoms with Crippen molar-refractivity contribution >= 4 is 20.0 Å². The van der Waals surface area contributed by atoms with E-state index in [1.807, 2.05) is 0 Å². The molecule has 1 aliphatic rings. The quantitative estimate of drug-likeness (QED) is 0.491. The van der Waals surface area contributed by atoms with Gasteiger partial charge in [0.1, 0.15) is 5.88 Å². The molecule has 1 unspecified atom stereocenters. The summed E-state index contributed by atoms with van der Waals surface area (Å²) >= 11 is 0. The zero-order chi connectivity index (χ0) is 22.9. The van der Waals surface area contributed by atoms with E-state index in [4.69, 9.17) is 0 Å². The molecule has 6 nitrogen and oxygen atoms in total. The number of hydrogen-bond acceptors (Lipinski definition) is 5. The number of halogens is 8. The summed E-state index contributed by atoms with van der Waals surface area (Å²) in [6.45, 7) is 0.155. The highest BCUT2D eigenvalue weighted by molar-refractivity contribution is 8.05. The first kappa shape index (κ1) is 26.3. The van der Waals surface area contributed by atoms with Crippen molar-refractivity contribution in [3.63, 3.8) is 0 Å². The monoisotopic (exact) mass is 484 g/mol. The third kappa shape index (κ3) is 5.12. The van der Waals surface area contributed by atoms with Gasteiger partial charge in [-0.3, -0.25) is 5.32 Å². The van der Waals surface area contributed by atoms with Gasteiger partial charge in [-0.1, -0.05) is 26.2 Å². The molecule has 0 aromatic rings. The lowest BCUT2D eigenvalue weighted by Gasteiger charge is -2.37. The van der Waals surface area contributed by atoms with Crippen LogP contribution in [0.1, 0.15) is 45.4 Å². The van der Waals surface area contributed by atoms with Crippen LogP contribution in [0.4, 0.5) is 35.1 Å². The van der Waals surface area contributed by atoms with Crippen molar-refractivity contribution in [2.45, 2.75) is 74.5 Å². The summed E-state index contributed by atoms with van der Waals surface area (Å²) in [5, 5.41) is -4.40. The lowest BCUT2D eigenvalue weighted by Crippen LogP contribution is -2.67. The normalized spacial score (nSPS) is 20.4. The van der Waals surface area contributed by atoms with Gasteiger partial charge in [0.05, 0.1) is 0 Å². The number of hydrogen-bond donors (Lipinski definition) is 2. The molecule has 1 saturated carbocycles. The van der Waals surface area contributed by atoms with Crippen LogP contribution < -0.4 is 9.44 Å². The van der Waals surface area contributed by atoms with Crippen molar-refractivity contribution in [1.29, 1.82) is 0 Å². The van der Waals surface area contributed by atoms with Crippen molar-refractivity contribution < 1.29 is 52.0 Å². The van der Waals surface area contributed by atoms with Gasteiger partial charge < -0.3 is 0 Å². The molecule has 0 heterocycles. The van der Waals surface area contributed by atoms with E-state index in [1.165, 1.54) is 0 Å². The van der Waals surface area contributed by atoms with Crippen LogP contribution in [0.5, 0.6) is 0 Å². The van der Waals surface area contributed by atoms with Crippen molar-refractivity contribution in [3.8, 4) is 0 Å². The highest BCUT2D eigenvalue weighted by atomic mass is 32.3. The molecule has 0 amide bonds. The molecule has 0 spiro atoms. The molecule has 16 heteroatoms. The van der Waals surface area contributed by atoms with Gasteiger partial charge >= 0.3 is 17.4 Å². The van der Waals surface area contributed by atoms with E-state index >= 15 is 0 Å². The summed E-state index contributed by atoms with van der Waals surface area (Å²) in [6, 6.07) is -0.409. The Bertz CT molecular complexity index is 779. The van der Waals surface area contributed by atoms with Crippen molar-refractivity contribution in [3.05, 3.63) is 0 Å². The number of nitrogens with one attached hydrogen (secondary N) is 2. The molecule has 29 heavy (non-hydrogen) atoms. The number of rotatable bonds is 9. The van der Waals surface area contributed by atoms with Gasteiger partial charge in [-0.25, -0.2) is 21.2 Å². The maximum atomic E-state index is 13.9. The van der Waals surface area contributed by atoms with Gasteiger partial charge in [-0.15, -0.1) is 4.13 Å². The summed E-state index contributed by atoms with van der Waals surface area (Å²) in [6.07, 6.45) is -5.55. The summed E-state index contributed by atoms with van der Waals surface area (Å²) in [4.78, 5) is 0. The average Bonchev–Trinajstić information content (AvgIpc) is 2.57. The molecule has 0 saturated heterocycles. The molecule has 1 fully saturated rings. The van der Waals surface area contributed by atoms with E-state index in [1.54, 1.807) is 0 Å². The zero-order valence-corrected chi connectivity index (χ0v) is 16.6. The molecule has 0 radical (unpaired) electrons. The molecule has 0 aliphatic heterocycles. The first-order chi connectivity index (χ1) is 12.8. The van der Waals surface area contributed by atoms with Gasteiger partial charge in [-0.2, -0.15) is 30.7 Å². The summed E-state index contributed by atoms with van der Waals surface area (Å²) in [5.74, 6) is -8.10. The van der Waals surface area contributed by atoms with E-state index in [2.05, 4.69) is 5.32 Å². The molecule has 1 rings (SSSR count). The minimum Gasteiger partial charge on any atom is -0.300 e. The van der Waals surface area contributed by atoms with Crippen LogP contribution in [0.2, 0.25) is 0 Å². The van der Waals surface area contributed by atoms with Crippen LogP contribution in [0.3, 0.4) is 0 Å². The Morgan fingerprint density at radius 2 is 1.34 bits per heavy atom. The molecule has 1 aliphatic carbocycles. The predicted octanol–water partition coefficient (Wildman–Crippen LogP) is 3.02. The van der Waals surface area contributed by atoms with Gasteiger partial charge in [0.2, 0.25) is 10.0 Å². The Morgan fingerprint density at radius 1 is 0.862 bits per heavy atom. The molecular weight excluding hydrogens is 464 g/mol. The minimum absolute atomic E-state index is 0.155. The van der Waals surface area contributed by atoms with E-state index < -0.39 is 61.4 Å². The third-order valence-corrected chi connectivity index (χ3v) is 7.91. The molecule has 0 aromatic carbocycles. The van der Waals surface area contributed by atoms with Gasteiger partial charge in [0, 0.05) is 6.04 Å². The fourth-order valence-electron chi connectivity index (χ4n) is 2.78. The highest BCUT2D eigenvalue weighted by Crippen LogP contribution is 2.55. The smallest absolute Gasteiger partial charge is 0.300 e. The zero-order valence-electron chi connectivity index (χ0n) is 15.0. The average molecular weight is 484 g/mol. The first-order valence-electron chi connectivity index (χ1n) is 8.35.